The quantitative estimate of drug-likeness (QED) is 0.937. The SMILES string of the molecule is Cc1cccc(C(=O)O)c1OCc1ccc(Br)cn1. The predicted molar refractivity (Wildman–Crippen MR) is 74.4 cm³/mol. The lowest BCUT2D eigenvalue weighted by molar-refractivity contribution is 0.0691. The minimum absolute atomic E-state index is 0.164. The number of hydrogen-bond acceptors (Lipinski definition) is 3. The first-order valence-electron chi connectivity index (χ1n) is 5.64. The van der Waals surface area contributed by atoms with E-state index < -0.39 is 5.97 Å². The van der Waals surface area contributed by atoms with Gasteiger partial charge in [0.1, 0.15) is 17.9 Å². The first kappa shape index (κ1) is 13.5. The molecule has 2 aromatic rings. The highest BCUT2D eigenvalue weighted by molar-refractivity contribution is 9.10. The van der Waals surface area contributed by atoms with Crippen molar-refractivity contribution in [2.75, 3.05) is 0 Å². The molecule has 4 nitrogen and oxygen atoms in total. The second-order valence-corrected chi connectivity index (χ2v) is 4.93. The van der Waals surface area contributed by atoms with Crippen LogP contribution >= 0.6 is 15.9 Å². The number of aryl methyl sites for hydroxylation is 1. The summed E-state index contributed by atoms with van der Waals surface area (Å²) in [5.74, 6) is -0.609. The Morgan fingerprint density at radius 3 is 2.79 bits per heavy atom. The van der Waals surface area contributed by atoms with Crippen LogP contribution in [0.3, 0.4) is 0 Å². The molecule has 0 spiro atoms. The summed E-state index contributed by atoms with van der Waals surface area (Å²) in [6, 6.07) is 8.73. The van der Waals surface area contributed by atoms with Crippen LogP contribution in [-0.4, -0.2) is 16.1 Å². The van der Waals surface area contributed by atoms with E-state index in [0.717, 1.165) is 15.7 Å². The number of ether oxygens (including phenoxy) is 1. The van der Waals surface area contributed by atoms with E-state index in [0.29, 0.717) is 5.75 Å². The summed E-state index contributed by atoms with van der Waals surface area (Å²) in [5, 5.41) is 9.12. The number of rotatable bonds is 4. The number of carboxylic acids is 1. The van der Waals surface area contributed by atoms with Gasteiger partial charge in [-0.25, -0.2) is 4.79 Å². The predicted octanol–water partition coefficient (Wildman–Crippen LogP) is 3.43. The van der Waals surface area contributed by atoms with Crippen molar-refractivity contribution < 1.29 is 14.6 Å². The van der Waals surface area contributed by atoms with Gasteiger partial charge in [0.05, 0.1) is 5.69 Å². The molecule has 0 radical (unpaired) electrons. The van der Waals surface area contributed by atoms with Crippen LogP contribution < -0.4 is 4.74 Å². The van der Waals surface area contributed by atoms with Crippen LogP contribution in [0.1, 0.15) is 21.6 Å². The lowest BCUT2D eigenvalue weighted by atomic mass is 10.1. The van der Waals surface area contributed by atoms with E-state index in [4.69, 9.17) is 9.84 Å². The van der Waals surface area contributed by atoms with Gasteiger partial charge in [-0.15, -0.1) is 0 Å². The number of pyridine rings is 1. The molecule has 0 bridgehead atoms. The van der Waals surface area contributed by atoms with Crippen molar-refractivity contribution in [3.63, 3.8) is 0 Å². The number of halogens is 1. The van der Waals surface area contributed by atoms with Gasteiger partial charge in [-0.1, -0.05) is 12.1 Å². The lowest BCUT2D eigenvalue weighted by Gasteiger charge is -2.11. The molecule has 0 aliphatic heterocycles. The zero-order chi connectivity index (χ0) is 13.8. The van der Waals surface area contributed by atoms with Crippen LogP contribution in [0.25, 0.3) is 0 Å². The van der Waals surface area contributed by atoms with Gasteiger partial charge in [0, 0.05) is 10.7 Å². The number of carboxylic acid groups (broad SMARTS) is 1. The van der Waals surface area contributed by atoms with E-state index in [2.05, 4.69) is 20.9 Å². The average Bonchev–Trinajstić information content (AvgIpc) is 2.39. The molecule has 5 heteroatoms. The van der Waals surface area contributed by atoms with Gasteiger partial charge in [-0.3, -0.25) is 4.98 Å². The second kappa shape index (κ2) is 5.84. The van der Waals surface area contributed by atoms with Crippen LogP contribution in [0.5, 0.6) is 5.75 Å². The number of aromatic nitrogens is 1. The van der Waals surface area contributed by atoms with Crippen molar-refractivity contribution in [3.8, 4) is 5.75 Å². The van der Waals surface area contributed by atoms with Gasteiger partial charge in [0.15, 0.2) is 0 Å². The first-order valence-corrected chi connectivity index (χ1v) is 6.43. The molecule has 0 saturated heterocycles. The molecule has 0 aliphatic rings. The maximum Gasteiger partial charge on any atom is 0.339 e. The third-order valence-electron chi connectivity index (χ3n) is 2.60. The average molecular weight is 322 g/mol. The molecule has 2 rings (SSSR count). The lowest BCUT2D eigenvalue weighted by Crippen LogP contribution is -2.05. The highest BCUT2D eigenvalue weighted by Crippen LogP contribution is 2.24. The fourth-order valence-electron chi connectivity index (χ4n) is 1.65. The largest absolute Gasteiger partial charge is 0.486 e. The fourth-order valence-corrected chi connectivity index (χ4v) is 1.88. The van der Waals surface area contributed by atoms with E-state index in [1.54, 1.807) is 12.3 Å². The monoisotopic (exact) mass is 321 g/mol. The van der Waals surface area contributed by atoms with Crippen LogP contribution in [0, 0.1) is 6.92 Å². The molecule has 1 aromatic carbocycles. The Labute approximate surface area is 119 Å². The van der Waals surface area contributed by atoms with Gasteiger partial charge in [-0.2, -0.15) is 0 Å². The zero-order valence-corrected chi connectivity index (χ0v) is 11.8. The van der Waals surface area contributed by atoms with Crippen molar-refractivity contribution in [2.45, 2.75) is 13.5 Å². The van der Waals surface area contributed by atoms with Crippen molar-refractivity contribution >= 4 is 21.9 Å². The summed E-state index contributed by atoms with van der Waals surface area (Å²) in [6.07, 6.45) is 1.68. The molecule has 0 aliphatic carbocycles. The summed E-state index contributed by atoms with van der Waals surface area (Å²) >= 11 is 3.30. The Morgan fingerprint density at radius 2 is 2.16 bits per heavy atom. The molecule has 0 unspecified atom stereocenters. The summed E-state index contributed by atoms with van der Waals surface area (Å²) < 4.78 is 6.48. The maximum atomic E-state index is 11.1. The number of nitrogens with zero attached hydrogens (tertiary/aromatic N) is 1. The highest BCUT2D eigenvalue weighted by atomic mass is 79.9. The van der Waals surface area contributed by atoms with Gasteiger partial charge in [-0.05, 0) is 46.6 Å². The smallest absolute Gasteiger partial charge is 0.339 e. The second-order valence-electron chi connectivity index (χ2n) is 4.01. The Balaban J connectivity index is 2.19. The molecular weight excluding hydrogens is 310 g/mol. The Hall–Kier alpha value is -1.88. The fraction of sp³-hybridized carbons (Fsp3) is 0.143. The van der Waals surface area contributed by atoms with Crippen LogP contribution in [0.2, 0.25) is 0 Å². The third kappa shape index (κ3) is 3.32. The minimum Gasteiger partial charge on any atom is -0.486 e. The molecular formula is C14H12BrNO3. The molecule has 98 valence electrons. The van der Waals surface area contributed by atoms with Gasteiger partial charge in [0.2, 0.25) is 0 Å². The normalized spacial score (nSPS) is 10.2. The summed E-state index contributed by atoms with van der Waals surface area (Å²) in [4.78, 5) is 15.3. The van der Waals surface area contributed by atoms with E-state index >= 15 is 0 Å². The molecule has 0 amide bonds. The summed E-state index contributed by atoms with van der Waals surface area (Å²) in [5.41, 5.74) is 1.69. The molecule has 0 atom stereocenters. The number of para-hydroxylation sites is 1. The first-order chi connectivity index (χ1) is 9.08. The number of benzene rings is 1. The molecule has 1 heterocycles. The van der Waals surface area contributed by atoms with Crippen LogP contribution in [0.15, 0.2) is 41.0 Å². The number of carbonyl (C=O) groups is 1. The number of aromatic carboxylic acids is 1. The van der Waals surface area contributed by atoms with Crippen LogP contribution in [-0.2, 0) is 6.61 Å². The van der Waals surface area contributed by atoms with E-state index in [1.807, 2.05) is 25.1 Å². The Kier molecular flexibility index (Phi) is 4.16. The van der Waals surface area contributed by atoms with E-state index in [1.165, 1.54) is 6.07 Å². The Bertz CT molecular complexity index is 596. The molecule has 1 aromatic heterocycles. The summed E-state index contributed by atoms with van der Waals surface area (Å²) in [6.45, 7) is 2.05. The Morgan fingerprint density at radius 1 is 1.37 bits per heavy atom. The highest BCUT2D eigenvalue weighted by Gasteiger charge is 2.13. The molecule has 0 saturated carbocycles. The standard InChI is InChI=1S/C14H12BrNO3/c1-9-3-2-4-12(14(17)18)13(9)19-8-11-6-5-10(15)7-16-11/h2-7H,8H2,1H3,(H,17,18). The molecule has 19 heavy (non-hydrogen) atoms. The summed E-state index contributed by atoms with van der Waals surface area (Å²) in [7, 11) is 0. The third-order valence-corrected chi connectivity index (χ3v) is 3.06. The van der Waals surface area contributed by atoms with Gasteiger partial charge >= 0.3 is 5.97 Å². The van der Waals surface area contributed by atoms with Crippen molar-refractivity contribution in [3.05, 3.63) is 57.8 Å². The van der Waals surface area contributed by atoms with Crippen molar-refractivity contribution in [2.24, 2.45) is 0 Å². The van der Waals surface area contributed by atoms with Gasteiger partial charge in [0.25, 0.3) is 0 Å². The van der Waals surface area contributed by atoms with E-state index in [9.17, 15) is 4.79 Å². The van der Waals surface area contributed by atoms with Crippen LogP contribution in [0.4, 0.5) is 0 Å². The van der Waals surface area contributed by atoms with Gasteiger partial charge < -0.3 is 9.84 Å². The number of hydrogen-bond donors (Lipinski definition) is 1. The van der Waals surface area contributed by atoms with E-state index in [-0.39, 0.29) is 12.2 Å². The minimum atomic E-state index is -0.998. The van der Waals surface area contributed by atoms with Crippen molar-refractivity contribution in [1.82, 2.24) is 4.98 Å². The zero-order valence-electron chi connectivity index (χ0n) is 10.3. The maximum absolute atomic E-state index is 11.1. The van der Waals surface area contributed by atoms with Crippen molar-refractivity contribution in [1.29, 1.82) is 0 Å². The molecule has 1 N–H and O–H groups in total. The molecule has 0 fully saturated rings. The topological polar surface area (TPSA) is 59.4 Å².